The third-order valence-corrected chi connectivity index (χ3v) is 2.38. The first-order valence-electron chi connectivity index (χ1n) is 4.68. The molecule has 3 heteroatoms. The fraction of sp³-hybridized carbons (Fsp3) is 0.700. The molecule has 0 amide bonds. The fourth-order valence-electron chi connectivity index (χ4n) is 1.52. The number of carbonyl (C=O) groups excluding carboxylic acids is 1. The van der Waals surface area contributed by atoms with Crippen LogP contribution in [0.15, 0.2) is 11.6 Å². The molecular weight excluding hydrogens is 166 g/mol. The largest absolute Gasteiger partial charge is 0.466 e. The van der Waals surface area contributed by atoms with Crippen molar-refractivity contribution >= 4 is 5.97 Å². The number of hydrogen-bond donors (Lipinski definition) is 0. The van der Waals surface area contributed by atoms with E-state index in [2.05, 4.69) is 16.7 Å². The molecule has 0 radical (unpaired) electrons. The minimum atomic E-state index is -0.223. The summed E-state index contributed by atoms with van der Waals surface area (Å²) in [4.78, 5) is 13.3. The van der Waals surface area contributed by atoms with Crippen molar-refractivity contribution in [3.05, 3.63) is 11.6 Å². The van der Waals surface area contributed by atoms with Gasteiger partial charge in [0.05, 0.1) is 7.11 Å². The molecule has 1 heterocycles. The first-order chi connectivity index (χ1) is 6.22. The van der Waals surface area contributed by atoms with Gasteiger partial charge < -0.3 is 9.64 Å². The third-order valence-electron chi connectivity index (χ3n) is 2.38. The number of methoxy groups -OCH3 is 1. The van der Waals surface area contributed by atoms with Crippen molar-refractivity contribution in [1.82, 2.24) is 4.90 Å². The van der Waals surface area contributed by atoms with Crippen molar-refractivity contribution in [2.24, 2.45) is 0 Å². The van der Waals surface area contributed by atoms with Gasteiger partial charge in [0.15, 0.2) is 0 Å². The maximum Gasteiger partial charge on any atom is 0.330 e. The van der Waals surface area contributed by atoms with E-state index in [1.807, 2.05) is 0 Å². The van der Waals surface area contributed by atoms with Crippen molar-refractivity contribution < 1.29 is 9.53 Å². The van der Waals surface area contributed by atoms with E-state index in [0.29, 0.717) is 0 Å². The van der Waals surface area contributed by atoms with E-state index in [1.54, 1.807) is 6.08 Å². The highest BCUT2D eigenvalue weighted by Crippen LogP contribution is 2.15. The Bertz CT molecular complexity index is 211. The van der Waals surface area contributed by atoms with Gasteiger partial charge in [-0.25, -0.2) is 4.79 Å². The average Bonchev–Trinajstić information content (AvgIpc) is 2.31. The zero-order valence-electron chi connectivity index (χ0n) is 8.38. The standard InChI is InChI=1S/C10H17NO2/c1-11-6-3-4-9(5-7-11)8-10(12)13-2/h8H,3-7H2,1-2H3/b9-8-. The van der Waals surface area contributed by atoms with Crippen LogP contribution in [0.5, 0.6) is 0 Å². The van der Waals surface area contributed by atoms with Crippen LogP contribution in [0.1, 0.15) is 19.3 Å². The highest BCUT2D eigenvalue weighted by atomic mass is 16.5. The van der Waals surface area contributed by atoms with Gasteiger partial charge in [-0.15, -0.1) is 0 Å². The van der Waals surface area contributed by atoms with Crippen molar-refractivity contribution in [3.8, 4) is 0 Å². The molecule has 1 fully saturated rings. The molecular formula is C10H17NO2. The highest BCUT2D eigenvalue weighted by molar-refractivity contribution is 5.82. The number of ether oxygens (including phenoxy) is 1. The molecule has 1 aliphatic heterocycles. The van der Waals surface area contributed by atoms with Crippen LogP contribution in [-0.2, 0) is 9.53 Å². The summed E-state index contributed by atoms with van der Waals surface area (Å²) in [5, 5.41) is 0. The Labute approximate surface area is 79.4 Å². The minimum absolute atomic E-state index is 0.223. The number of rotatable bonds is 1. The summed E-state index contributed by atoms with van der Waals surface area (Å²) in [7, 11) is 3.53. The van der Waals surface area contributed by atoms with Crippen molar-refractivity contribution in [2.75, 3.05) is 27.2 Å². The average molecular weight is 183 g/mol. The van der Waals surface area contributed by atoms with Crippen molar-refractivity contribution in [1.29, 1.82) is 0 Å². The molecule has 0 N–H and O–H groups in total. The highest BCUT2D eigenvalue weighted by Gasteiger charge is 2.09. The molecule has 0 aliphatic carbocycles. The summed E-state index contributed by atoms with van der Waals surface area (Å²) in [6.07, 6.45) is 4.80. The topological polar surface area (TPSA) is 29.5 Å². The van der Waals surface area contributed by atoms with Crippen LogP contribution >= 0.6 is 0 Å². The van der Waals surface area contributed by atoms with E-state index < -0.39 is 0 Å². The minimum Gasteiger partial charge on any atom is -0.466 e. The molecule has 0 saturated carbocycles. The lowest BCUT2D eigenvalue weighted by molar-refractivity contribution is -0.134. The lowest BCUT2D eigenvalue weighted by Crippen LogP contribution is -2.18. The van der Waals surface area contributed by atoms with E-state index in [1.165, 1.54) is 12.7 Å². The van der Waals surface area contributed by atoms with Gasteiger partial charge in [0.2, 0.25) is 0 Å². The Morgan fingerprint density at radius 1 is 1.46 bits per heavy atom. The van der Waals surface area contributed by atoms with Gasteiger partial charge in [-0.1, -0.05) is 5.57 Å². The van der Waals surface area contributed by atoms with Gasteiger partial charge in [0.25, 0.3) is 0 Å². The lowest BCUT2D eigenvalue weighted by Gasteiger charge is -2.10. The third kappa shape index (κ3) is 3.59. The maximum atomic E-state index is 11.0. The Balaban J connectivity index is 2.50. The second-order valence-corrected chi connectivity index (χ2v) is 3.48. The van der Waals surface area contributed by atoms with Gasteiger partial charge in [-0.3, -0.25) is 0 Å². The molecule has 0 unspecified atom stereocenters. The summed E-state index contributed by atoms with van der Waals surface area (Å²) < 4.78 is 4.59. The van der Waals surface area contributed by atoms with E-state index in [9.17, 15) is 4.79 Å². The first-order valence-corrected chi connectivity index (χ1v) is 4.68. The van der Waals surface area contributed by atoms with E-state index in [4.69, 9.17) is 0 Å². The summed E-state index contributed by atoms with van der Waals surface area (Å²) in [5.41, 5.74) is 1.22. The summed E-state index contributed by atoms with van der Waals surface area (Å²) in [5.74, 6) is -0.223. The number of esters is 1. The molecule has 0 atom stereocenters. The smallest absolute Gasteiger partial charge is 0.330 e. The summed E-state index contributed by atoms with van der Waals surface area (Å²) in [6.45, 7) is 2.17. The van der Waals surface area contributed by atoms with Gasteiger partial charge in [-0.2, -0.15) is 0 Å². The second-order valence-electron chi connectivity index (χ2n) is 3.48. The Morgan fingerprint density at radius 3 is 2.92 bits per heavy atom. The molecule has 1 rings (SSSR count). The number of likely N-dealkylation sites (tertiary alicyclic amines) is 1. The Hall–Kier alpha value is -0.830. The predicted octanol–water partition coefficient (Wildman–Crippen LogP) is 1.20. The van der Waals surface area contributed by atoms with E-state index in [0.717, 1.165) is 32.4 Å². The summed E-state index contributed by atoms with van der Waals surface area (Å²) >= 11 is 0. The van der Waals surface area contributed by atoms with E-state index in [-0.39, 0.29) is 5.97 Å². The second kappa shape index (κ2) is 5.02. The molecule has 1 saturated heterocycles. The number of hydrogen-bond acceptors (Lipinski definition) is 3. The Kier molecular flexibility index (Phi) is 3.96. The first kappa shape index (κ1) is 10.3. The SMILES string of the molecule is COC(=O)/C=C1/CCCN(C)CC1. The van der Waals surface area contributed by atoms with Gasteiger partial charge in [0, 0.05) is 12.6 Å². The Morgan fingerprint density at radius 2 is 2.23 bits per heavy atom. The van der Waals surface area contributed by atoms with Crippen molar-refractivity contribution in [3.63, 3.8) is 0 Å². The van der Waals surface area contributed by atoms with Crippen molar-refractivity contribution in [2.45, 2.75) is 19.3 Å². The normalized spacial score (nSPS) is 22.8. The van der Waals surface area contributed by atoms with Crippen LogP contribution in [0, 0.1) is 0 Å². The zero-order valence-corrected chi connectivity index (χ0v) is 8.38. The van der Waals surface area contributed by atoms with Crippen LogP contribution in [0.4, 0.5) is 0 Å². The van der Waals surface area contributed by atoms with Crippen LogP contribution in [0.25, 0.3) is 0 Å². The molecule has 74 valence electrons. The molecule has 0 aromatic carbocycles. The summed E-state index contributed by atoms with van der Waals surface area (Å²) in [6, 6.07) is 0. The predicted molar refractivity (Wildman–Crippen MR) is 51.4 cm³/mol. The van der Waals surface area contributed by atoms with Gasteiger partial charge in [-0.05, 0) is 32.9 Å². The van der Waals surface area contributed by atoms with Crippen LogP contribution in [0.2, 0.25) is 0 Å². The van der Waals surface area contributed by atoms with Gasteiger partial charge in [0.1, 0.15) is 0 Å². The van der Waals surface area contributed by atoms with Gasteiger partial charge >= 0.3 is 5.97 Å². The van der Waals surface area contributed by atoms with Crippen LogP contribution in [0.3, 0.4) is 0 Å². The lowest BCUT2D eigenvalue weighted by atomic mass is 10.1. The fourth-order valence-corrected chi connectivity index (χ4v) is 1.52. The molecule has 1 aliphatic rings. The number of carbonyl (C=O) groups is 1. The molecule has 0 spiro atoms. The molecule has 0 aromatic heterocycles. The molecule has 13 heavy (non-hydrogen) atoms. The van der Waals surface area contributed by atoms with Crippen LogP contribution < -0.4 is 0 Å². The molecule has 0 aromatic rings. The van der Waals surface area contributed by atoms with Crippen LogP contribution in [-0.4, -0.2) is 38.1 Å². The van der Waals surface area contributed by atoms with E-state index >= 15 is 0 Å². The molecule has 3 nitrogen and oxygen atoms in total. The monoisotopic (exact) mass is 183 g/mol. The number of nitrogens with zero attached hydrogens (tertiary/aromatic N) is 1. The quantitative estimate of drug-likeness (QED) is 0.452. The maximum absolute atomic E-state index is 11.0. The molecule has 0 bridgehead atoms. The zero-order chi connectivity index (χ0) is 9.68.